The molecule has 1 aromatic carbocycles. The number of likely N-dealkylation sites (tertiary alicyclic amines) is 1. The van der Waals surface area contributed by atoms with E-state index in [2.05, 4.69) is 41.5 Å². The van der Waals surface area contributed by atoms with Crippen LogP contribution in [0, 0.1) is 11.3 Å². The van der Waals surface area contributed by atoms with Crippen LogP contribution in [0.3, 0.4) is 0 Å². The smallest absolute Gasteiger partial charge is 0.245 e. The van der Waals surface area contributed by atoms with Crippen LogP contribution in [0.2, 0.25) is 5.02 Å². The van der Waals surface area contributed by atoms with Crippen LogP contribution in [0.15, 0.2) is 24.3 Å². The van der Waals surface area contributed by atoms with Gasteiger partial charge in [0.05, 0.1) is 6.54 Å². The number of piperazine rings is 1. The van der Waals surface area contributed by atoms with Gasteiger partial charge >= 0.3 is 0 Å². The third-order valence-electron chi connectivity index (χ3n) is 6.64. The molecule has 172 valence electrons. The zero-order valence-corrected chi connectivity index (χ0v) is 20.0. The van der Waals surface area contributed by atoms with Crippen LogP contribution in [-0.2, 0) is 9.59 Å². The average molecular weight is 449 g/mol. The summed E-state index contributed by atoms with van der Waals surface area (Å²) >= 11 is 6.06. The Morgan fingerprint density at radius 2 is 1.81 bits per heavy atom. The van der Waals surface area contributed by atoms with Crippen molar-refractivity contribution in [3.8, 4) is 0 Å². The average Bonchev–Trinajstić information content (AvgIpc) is 2.72. The number of piperidine rings is 1. The Morgan fingerprint density at radius 1 is 1.16 bits per heavy atom. The van der Waals surface area contributed by atoms with Gasteiger partial charge < -0.3 is 15.5 Å². The van der Waals surface area contributed by atoms with Gasteiger partial charge in [-0.1, -0.05) is 51.4 Å². The fourth-order valence-electron chi connectivity index (χ4n) is 4.86. The predicted molar refractivity (Wildman–Crippen MR) is 125 cm³/mol. The highest BCUT2D eigenvalue weighted by atomic mass is 35.5. The minimum atomic E-state index is -0.488. The molecule has 1 aromatic rings. The molecule has 2 aliphatic heterocycles. The van der Waals surface area contributed by atoms with E-state index in [0.29, 0.717) is 25.6 Å². The zero-order chi connectivity index (χ0) is 22.6. The summed E-state index contributed by atoms with van der Waals surface area (Å²) in [7, 11) is 0. The summed E-state index contributed by atoms with van der Waals surface area (Å²) in [6.45, 7) is 13.7. The summed E-state index contributed by atoms with van der Waals surface area (Å²) in [5, 5.41) is 7.06. The first-order valence-electron chi connectivity index (χ1n) is 11.4. The van der Waals surface area contributed by atoms with Crippen LogP contribution in [0.25, 0.3) is 0 Å². The van der Waals surface area contributed by atoms with Crippen molar-refractivity contribution in [3.05, 3.63) is 34.9 Å². The highest BCUT2D eigenvalue weighted by Crippen LogP contribution is 2.42. The summed E-state index contributed by atoms with van der Waals surface area (Å²) in [4.78, 5) is 30.1. The van der Waals surface area contributed by atoms with Crippen LogP contribution in [0.5, 0.6) is 0 Å². The van der Waals surface area contributed by atoms with Crippen molar-refractivity contribution in [2.24, 2.45) is 11.3 Å². The lowest BCUT2D eigenvalue weighted by Gasteiger charge is -2.45. The van der Waals surface area contributed by atoms with Crippen molar-refractivity contribution in [2.45, 2.75) is 46.1 Å². The van der Waals surface area contributed by atoms with Gasteiger partial charge in [-0.25, -0.2) is 0 Å². The number of hydrogen-bond donors (Lipinski definition) is 2. The lowest BCUT2D eigenvalue weighted by atomic mass is 9.70. The van der Waals surface area contributed by atoms with E-state index in [-0.39, 0.29) is 23.1 Å². The second-order valence-corrected chi connectivity index (χ2v) is 10.4. The molecule has 0 bridgehead atoms. The monoisotopic (exact) mass is 448 g/mol. The van der Waals surface area contributed by atoms with Crippen LogP contribution in [0.4, 0.5) is 0 Å². The molecule has 31 heavy (non-hydrogen) atoms. The molecule has 0 aliphatic carbocycles. The lowest BCUT2D eigenvalue weighted by molar-refractivity contribution is -0.141. The maximum absolute atomic E-state index is 13.4. The van der Waals surface area contributed by atoms with Gasteiger partial charge in [0.2, 0.25) is 11.8 Å². The highest BCUT2D eigenvalue weighted by Gasteiger charge is 2.40. The summed E-state index contributed by atoms with van der Waals surface area (Å²) in [6, 6.07) is 7.58. The number of hydrogen-bond acceptors (Lipinski definition) is 4. The van der Waals surface area contributed by atoms with Gasteiger partial charge in [0.25, 0.3) is 0 Å². The number of carbonyl (C=O) groups is 2. The summed E-state index contributed by atoms with van der Waals surface area (Å²) in [5.41, 5.74) is 1.21. The van der Waals surface area contributed by atoms with Crippen molar-refractivity contribution in [1.82, 2.24) is 20.4 Å². The number of amides is 2. The van der Waals surface area contributed by atoms with Gasteiger partial charge in [0.1, 0.15) is 6.04 Å². The van der Waals surface area contributed by atoms with Crippen molar-refractivity contribution < 1.29 is 9.59 Å². The Bertz CT molecular complexity index is 759. The number of carbonyl (C=O) groups excluding carboxylic acids is 2. The predicted octanol–water partition coefficient (Wildman–Crippen LogP) is 2.73. The van der Waals surface area contributed by atoms with E-state index >= 15 is 0 Å². The number of rotatable bonds is 6. The molecule has 2 N–H and O–H groups in total. The Balaban J connectivity index is 1.62. The SMILES string of the molecule is CC(C)[C@@H](NC(=O)CN1CCNCC1)C(=O)N1CCC(c2ccc(Cl)cc2)C(C)(C)C1. The lowest BCUT2D eigenvalue weighted by Crippen LogP contribution is -2.57. The molecule has 6 nitrogen and oxygen atoms in total. The molecule has 2 amide bonds. The Kier molecular flexibility index (Phi) is 8.00. The first-order chi connectivity index (χ1) is 14.7. The van der Waals surface area contributed by atoms with Crippen molar-refractivity contribution in [3.63, 3.8) is 0 Å². The van der Waals surface area contributed by atoms with Crippen molar-refractivity contribution >= 4 is 23.4 Å². The molecule has 3 rings (SSSR count). The third kappa shape index (κ3) is 6.21. The molecule has 2 saturated heterocycles. The van der Waals surface area contributed by atoms with Gasteiger partial charge in [-0.05, 0) is 41.4 Å². The minimum absolute atomic E-state index is 0.0336. The van der Waals surface area contributed by atoms with E-state index in [9.17, 15) is 9.59 Å². The maximum atomic E-state index is 13.4. The standard InChI is InChI=1S/C24H37ClN4O2/c1-17(2)22(27-21(30)15-28-13-10-26-11-14-28)23(31)29-12-9-20(24(3,4)16-29)18-5-7-19(25)8-6-18/h5-8,17,20,22,26H,9-16H2,1-4H3,(H,27,30)/t20?,22-/m1/s1. The van der Waals surface area contributed by atoms with E-state index in [4.69, 9.17) is 11.6 Å². The van der Waals surface area contributed by atoms with Crippen LogP contribution in [-0.4, -0.2) is 73.5 Å². The van der Waals surface area contributed by atoms with Crippen LogP contribution < -0.4 is 10.6 Å². The third-order valence-corrected chi connectivity index (χ3v) is 6.89. The molecular formula is C24H37ClN4O2. The van der Waals surface area contributed by atoms with Gasteiger partial charge in [0, 0.05) is 44.3 Å². The normalized spacial score (nSPS) is 22.9. The van der Waals surface area contributed by atoms with E-state index < -0.39 is 6.04 Å². The first-order valence-corrected chi connectivity index (χ1v) is 11.8. The van der Waals surface area contributed by atoms with Gasteiger partial charge in [-0.3, -0.25) is 14.5 Å². The minimum Gasteiger partial charge on any atom is -0.343 e. The summed E-state index contributed by atoms with van der Waals surface area (Å²) in [5.74, 6) is 0.376. The number of nitrogens with zero attached hydrogens (tertiary/aromatic N) is 2. The van der Waals surface area contributed by atoms with Gasteiger partial charge in [-0.15, -0.1) is 0 Å². The number of halogens is 1. The molecule has 2 atom stereocenters. The van der Waals surface area contributed by atoms with E-state index in [1.54, 1.807) is 0 Å². The zero-order valence-electron chi connectivity index (χ0n) is 19.3. The first kappa shape index (κ1) is 24.0. The van der Waals surface area contributed by atoms with Crippen LogP contribution >= 0.6 is 11.6 Å². The van der Waals surface area contributed by atoms with Crippen molar-refractivity contribution in [1.29, 1.82) is 0 Å². The molecule has 7 heteroatoms. The largest absolute Gasteiger partial charge is 0.343 e. The fourth-order valence-corrected chi connectivity index (χ4v) is 4.99. The quantitative estimate of drug-likeness (QED) is 0.702. The topological polar surface area (TPSA) is 64.7 Å². The van der Waals surface area contributed by atoms with Crippen LogP contribution in [0.1, 0.15) is 45.6 Å². The summed E-state index contributed by atoms with van der Waals surface area (Å²) in [6.07, 6.45) is 0.903. The maximum Gasteiger partial charge on any atom is 0.245 e. The van der Waals surface area contributed by atoms with Gasteiger partial charge in [0.15, 0.2) is 0 Å². The summed E-state index contributed by atoms with van der Waals surface area (Å²) < 4.78 is 0. The molecule has 0 spiro atoms. The van der Waals surface area contributed by atoms with E-state index in [1.165, 1.54) is 5.56 Å². The van der Waals surface area contributed by atoms with E-state index in [1.807, 2.05) is 30.9 Å². The molecule has 0 radical (unpaired) electrons. The Hall–Kier alpha value is -1.63. The highest BCUT2D eigenvalue weighted by molar-refractivity contribution is 6.30. The molecule has 0 aromatic heterocycles. The number of benzene rings is 1. The molecule has 1 unspecified atom stereocenters. The Labute approximate surface area is 191 Å². The van der Waals surface area contributed by atoms with Crippen molar-refractivity contribution in [2.75, 3.05) is 45.8 Å². The second-order valence-electron chi connectivity index (χ2n) is 9.96. The Morgan fingerprint density at radius 3 is 2.39 bits per heavy atom. The molecule has 0 saturated carbocycles. The second kappa shape index (κ2) is 10.3. The molecule has 2 aliphatic rings. The van der Waals surface area contributed by atoms with E-state index in [0.717, 1.165) is 37.6 Å². The fraction of sp³-hybridized carbons (Fsp3) is 0.667. The number of nitrogens with one attached hydrogen (secondary N) is 2. The molecule has 2 fully saturated rings. The molecule has 2 heterocycles. The molecular weight excluding hydrogens is 412 g/mol. The van der Waals surface area contributed by atoms with Gasteiger partial charge in [-0.2, -0.15) is 0 Å².